The zero-order chi connectivity index (χ0) is 17.8. The smallest absolute Gasteiger partial charge is 0.243 e. The highest BCUT2D eigenvalue weighted by Crippen LogP contribution is 2.42. The first kappa shape index (κ1) is 17.4. The number of hydrogen-bond acceptors (Lipinski definition) is 5. The average molecular weight is 388 g/mol. The lowest BCUT2D eigenvalue weighted by Crippen LogP contribution is -2.31. The van der Waals surface area contributed by atoms with Crippen molar-refractivity contribution in [2.75, 3.05) is 11.9 Å². The number of anilines is 1. The molecule has 0 bridgehead atoms. The van der Waals surface area contributed by atoms with Crippen LogP contribution in [-0.2, 0) is 27.7 Å². The van der Waals surface area contributed by atoms with Gasteiger partial charge in [-0.1, -0.05) is 0 Å². The fourth-order valence-electron chi connectivity index (χ4n) is 3.21. The van der Waals surface area contributed by atoms with Crippen molar-refractivity contribution in [2.45, 2.75) is 55.6 Å². The second kappa shape index (κ2) is 6.29. The molecule has 0 radical (unpaired) electrons. The molecule has 0 aliphatic heterocycles. The molecule has 1 heterocycles. The molecular weight excluding hydrogens is 365 g/mol. The molecule has 9 heteroatoms. The summed E-state index contributed by atoms with van der Waals surface area (Å²) in [5, 5.41) is 2.98. The van der Waals surface area contributed by atoms with Crippen LogP contribution >= 0.6 is 11.3 Å². The SMILES string of the molecule is N[C@H]1CCc2sc(NC(=O)C3CC3F)c(S(=O)(=O)NCC3CC3)c2C1. The van der Waals surface area contributed by atoms with Crippen LogP contribution in [0.15, 0.2) is 4.90 Å². The molecule has 2 unspecified atom stereocenters. The first-order valence-electron chi connectivity index (χ1n) is 8.70. The molecule has 4 rings (SSSR count). The molecule has 2 saturated carbocycles. The van der Waals surface area contributed by atoms with E-state index in [4.69, 9.17) is 5.73 Å². The fraction of sp³-hybridized carbons (Fsp3) is 0.688. The van der Waals surface area contributed by atoms with Crippen LogP contribution in [-0.4, -0.2) is 33.1 Å². The number of thiophene rings is 1. The maximum Gasteiger partial charge on any atom is 0.243 e. The highest BCUT2D eigenvalue weighted by molar-refractivity contribution is 7.90. The van der Waals surface area contributed by atoms with Crippen LogP contribution in [0.3, 0.4) is 0 Å². The second-order valence-corrected chi connectivity index (χ2v) is 10.1. The van der Waals surface area contributed by atoms with Gasteiger partial charge in [0.1, 0.15) is 16.1 Å². The molecule has 1 aromatic rings. The Balaban J connectivity index is 1.66. The van der Waals surface area contributed by atoms with Crippen molar-refractivity contribution in [1.82, 2.24) is 4.72 Å². The number of sulfonamides is 1. The molecule has 3 aliphatic carbocycles. The summed E-state index contributed by atoms with van der Waals surface area (Å²) in [6, 6.07) is -0.0818. The highest BCUT2D eigenvalue weighted by atomic mass is 32.2. The van der Waals surface area contributed by atoms with E-state index in [0.29, 0.717) is 30.3 Å². The van der Waals surface area contributed by atoms with Gasteiger partial charge in [0, 0.05) is 17.5 Å². The van der Waals surface area contributed by atoms with Gasteiger partial charge >= 0.3 is 0 Å². The van der Waals surface area contributed by atoms with Gasteiger partial charge in [-0.05, 0) is 50.0 Å². The van der Waals surface area contributed by atoms with Crippen molar-refractivity contribution in [3.8, 4) is 0 Å². The zero-order valence-electron chi connectivity index (χ0n) is 13.8. The second-order valence-electron chi connectivity index (χ2n) is 7.31. The van der Waals surface area contributed by atoms with E-state index in [1.807, 2.05) is 0 Å². The van der Waals surface area contributed by atoms with Crippen LogP contribution in [0.2, 0.25) is 0 Å². The molecule has 0 aromatic carbocycles. The molecular formula is C16H22FN3O3S2. The Morgan fingerprint density at radius 1 is 1.32 bits per heavy atom. The standard InChI is InChI=1S/C16H22FN3O3S2/c17-12-6-10(12)15(21)20-16-14(25(22,23)19-7-8-1-2-8)11-5-9(18)3-4-13(11)24-16/h8-10,12,19H,1-7,18H2,(H,20,21)/t9-,10?,12?/m0/s1. The number of rotatable bonds is 6. The average Bonchev–Trinajstić information content (AvgIpc) is 3.44. The first-order valence-corrected chi connectivity index (χ1v) is 11.0. The van der Waals surface area contributed by atoms with E-state index in [0.717, 1.165) is 29.7 Å². The van der Waals surface area contributed by atoms with E-state index in [9.17, 15) is 17.6 Å². The number of carbonyl (C=O) groups is 1. The van der Waals surface area contributed by atoms with Crippen molar-refractivity contribution in [3.05, 3.63) is 10.4 Å². The highest BCUT2D eigenvalue weighted by Gasteiger charge is 2.44. The number of nitrogens with two attached hydrogens (primary N) is 1. The van der Waals surface area contributed by atoms with Gasteiger partial charge in [-0.2, -0.15) is 0 Å². The summed E-state index contributed by atoms with van der Waals surface area (Å²) in [5.41, 5.74) is 6.75. The Hall–Kier alpha value is -1.03. The zero-order valence-corrected chi connectivity index (χ0v) is 15.4. The van der Waals surface area contributed by atoms with Crippen LogP contribution < -0.4 is 15.8 Å². The number of alkyl halides is 1. The summed E-state index contributed by atoms with van der Waals surface area (Å²) in [5.74, 6) is -0.686. The lowest BCUT2D eigenvalue weighted by molar-refractivity contribution is -0.117. The third-order valence-electron chi connectivity index (χ3n) is 5.06. The molecule has 6 nitrogen and oxygen atoms in total. The Kier molecular flexibility index (Phi) is 4.38. The maximum absolute atomic E-state index is 13.2. The summed E-state index contributed by atoms with van der Waals surface area (Å²) in [6.07, 6.45) is 3.16. The largest absolute Gasteiger partial charge is 0.327 e. The van der Waals surface area contributed by atoms with Crippen molar-refractivity contribution < 1.29 is 17.6 Å². The Morgan fingerprint density at radius 2 is 2.04 bits per heavy atom. The van der Waals surface area contributed by atoms with Gasteiger partial charge in [0.05, 0.1) is 5.92 Å². The van der Waals surface area contributed by atoms with Gasteiger partial charge in [0.2, 0.25) is 15.9 Å². The number of nitrogens with one attached hydrogen (secondary N) is 2. The molecule has 1 aromatic heterocycles. The summed E-state index contributed by atoms with van der Waals surface area (Å²) >= 11 is 1.29. The van der Waals surface area contributed by atoms with E-state index < -0.39 is 28.0 Å². The van der Waals surface area contributed by atoms with Crippen LogP contribution in [0, 0.1) is 11.8 Å². The van der Waals surface area contributed by atoms with Crippen molar-refractivity contribution in [3.63, 3.8) is 0 Å². The van der Waals surface area contributed by atoms with Crippen molar-refractivity contribution in [2.24, 2.45) is 17.6 Å². The Morgan fingerprint density at radius 3 is 2.68 bits per heavy atom. The van der Waals surface area contributed by atoms with Crippen molar-refractivity contribution in [1.29, 1.82) is 0 Å². The van der Waals surface area contributed by atoms with Gasteiger partial charge in [0.25, 0.3) is 0 Å². The number of fused-ring (bicyclic) bond motifs is 1. The van der Waals surface area contributed by atoms with Crippen molar-refractivity contribution >= 4 is 32.3 Å². The molecule has 0 spiro atoms. The number of hydrogen-bond donors (Lipinski definition) is 3. The third kappa shape index (κ3) is 3.60. The lowest BCUT2D eigenvalue weighted by atomic mass is 9.95. The topological polar surface area (TPSA) is 101 Å². The van der Waals surface area contributed by atoms with Crippen LogP contribution in [0.4, 0.5) is 9.39 Å². The maximum atomic E-state index is 13.2. The first-order chi connectivity index (χ1) is 11.8. The van der Waals surface area contributed by atoms with Gasteiger partial charge in [-0.15, -0.1) is 11.3 Å². The van der Waals surface area contributed by atoms with Crippen LogP contribution in [0.5, 0.6) is 0 Å². The minimum atomic E-state index is -3.74. The summed E-state index contributed by atoms with van der Waals surface area (Å²) in [7, 11) is -3.74. The molecule has 2 fully saturated rings. The number of carbonyl (C=O) groups excluding carboxylic acids is 1. The molecule has 1 amide bonds. The number of amides is 1. The molecule has 3 atom stereocenters. The van der Waals surface area contributed by atoms with Gasteiger partial charge in [-0.25, -0.2) is 17.5 Å². The van der Waals surface area contributed by atoms with Gasteiger partial charge < -0.3 is 11.1 Å². The van der Waals surface area contributed by atoms with Gasteiger partial charge in [-0.3, -0.25) is 4.79 Å². The fourth-order valence-corrected chi connectivity index (χ4v) is 6.30. The number of aryl methyl sites for hydroxylation is 1. The van der Waals surface area contributed by atoms with E-state index in [-0.39, 0.29) is 17.4 Å². The molecule has 4 N–H and O–H groups in total. The predicted molar refractivity (Wildman–Crippen MR) is 93.9 cm³/mol. The Bertz CT molecular complexity index is 804. The third-order valence-corrected chi connectivity index (χ3v) is 7.94. The monoisotopic (exact) mass is 387 g/mol. The van der Waals surface area contributed by atoms with E-state index in [2.05, 4.69) is 10.0 Å². The Labute approximate surface area is 150 Å². The van der Waals surface area contributed by atoms with Crippen LogP contribution in [0.1, 0.15) is 36.1 Å². The molecule has 0 saturated heterocycles. The normalized spacial score (nSPS) is 28.5. The van der Waals surface area contributed by atoms with Crippen LogP contribution in [0.25, 0.3) is 0 Å². The predicted octanol–water partition coefficient (Wildman–Crippen LogP) is 1.55. The molecule has 25 heavy (non-hydrogen) atoms. The molecule has 138 valence electrons. The van der Waals surface area contributed by atoms with E-state index >= 15 is 0 Å². The van der Waals surface area contributed by atoms with E-state index in [1.54, 1.807) is 0 Å². The van der Waals surface area contributed by atoms with Gasteiger partial charge in [0.15, 0.2) is 0 Å². The van der Waals surface area contributed by atoms with E-state index in [1.165, 1.54) is 11.3 Å². The summed E-state index contributed by atoms with van der Waals surface area (Å²) in [6.45, 7) is 0.418. The summed E-state index contributed by atoms with van der Waals surface area (Å²) in [4.78, 5) is 13.2. The minimum Gasteiger partial charge on any atom is -0.327 e. The quantitative estimate of drug-likeness (QED) is 0.689. The number of halogens is 1. The minimum absolute atomic E-state index is 0.0818. The molecule has 3 aliphatic rings. The summed E-state index contributed by atoms with van der Waals surface area (Å²) < 4.78 is 41.6. The lowest BCUT2D eigenvalue weighted by Gasteiger charge is -2.19.